The third-order valence-corrected chi connectivity index (χ3v) is 5.02. The van der Waals surface area contributed by atoms with E-state index in [1.54, 1.807) is 0 Å². The Bertz CT molecular complexity index is 438. The molecule has 3 atom stereocenters. The number of carbonyl (C=O) groups excluding carboxylic acids is 2. The van der Waals surface area contributed by atoms with Gasteiger partial charge in [0.1, 0.15) is 6.10 Å². The molecule has 0 bridgehead atoms. The van der Waals surface area contributed by atoms with Gasteiger partial charge in [-0.3, -0.25) is 4.79 Å². The van der Waals surface area contributed by atoms with Crippen molar-refractivity contribution < 1.29 is 19.4 Å². The van der Waals surface area contributed by atoms with Gasteiger partial charge >= 0.3 is 6.03 Å². The predicted octanol–water partition coefficient (Wildman–Crippen LogP) is 1.30. The molecule has 0 aromatic carbocycles. The van der Waals surface area contributed by atoms with Crippen molar-refractivity contribution in [2.75, 3.05) is 13.2 Å². The second kappa shape index (κ2) is 9.97. The molecular weight excluding hydrogens is 322 g/mol. The lowest BCUT2D eigenvalue weighted by Crippen LogP contribution is -2.54. The lowest BCUT2D eigenvalue weighted by Gasteiger charge is -2.36. The Morgan fingerprint density at radius 2 is 1.88 bits per heavy atom. The Balaban J connectivity index is 1.69. The van der Waals surface area contributed by atoms with Crippen LogP contribution in [-0.2, 0) is 9.53 Å². The highest BCUT2D eigenvalue weighted by atomic mass is 16.5. The van der Waals surface area contributed by atoms with Crippen LogP contribution in [0.25, 0.3) is 0 Å². The van der Waals surface area contributed by atoms with Crippen LogP contribution in [0.2, 0.25) is 0 Å². The third-order valence-electron chi connectivity index (χ3n) is 5.02. The number of hydrogen-bond acceptors (Lipinski definition) is 4. The summed E-state index contributed by atoms with van der Waals surface area (Å²) in [5.41, 5.74) is 0. The average molecular weight is 355 g/mol. The molecule has 7 heteroatoms. The Hall–Kier alpha value is -1.34. The molecule has 144 valence electrons. The van der Waals surface area contributed by atoms with Gasteiger partial charge in [-0.05, 0) is 46.0 Å². The van der Waals surface area contributed by atoms with Crippen LogP contribution in [0.1, 0.15) is 58.8 Å². The molecule has 2 rings (SSSR count). The first-order valence-electron chi connectivity index (χ1n) is 9.60. The number of carbonyl (C=O) groups is 2. The van der Waals surface area contributed by atoms with Gasteiger partial charge in [0.15, 0.2) is 0 Å². The van der Waals surface area contributed by atoms with Gasteiger partial charge in [0.2, 0.25) is 5.91 Å². The summed E-state index contributed by atoms with van der Waals surface area (Å²) in [4.78, 5) is 23.9. The minimum absolute atomic E-state index is 0.00670. The van der Waals surface area contributed by atoms with Crippen LogP contribution in [0.5, 0.6) is 0 Å². The van der Waals surface area contributed by atoms with Crippen LogP contribution in [-0.4, -0.2) is 54.5 Å². The third kappa shape index (κ3) is 6.47. The van der Waals surface area contributed by atoms with E-state index in [1.807, 2.05) is 13.8 Å². The van der Waals surface area contributed by atoms with Crippen molar-refractivity contribution >= 4 is 11.9 Å². The summed E-state index contributed by atoms with van der Waals surface area (Å²) in [6, 6.07) is -0.356. The van der Waals surface area contributed by atoms with Gasteiger partial charge in [0, 0.05) is 18.5 Å². The number of nitrogens with one attached hydrogen (secondary N) is 3. The van der Waals surface area contributed by atoms with Crippen molar-refractivity contribution in [3.63, 3.8) is 0 Å². The summed E-state index contributed by atoms with van der Waals surface area (Å²) < 4.78 is 5.92. The molecule has 0 radical (unpaired) electrons. The number of hydrogen-bond donors (Lipinski definition) is 4. The summed E-state index contributed by atoms with van der Waals surface area (Å²) >= 11 is 0. The van der Waals surface area contributed by atoms with Gasteiger partial charge < -0.3 is 25.8 Å². The second-order valence-corrected chi connectivity index (χ2v) is 7.50. The molecule has 4 N–H and O–H groups in total. The molecule has 0 aromatic heterocycles. The van der Waals surface area contributed by atoms with Gasteiger partial charge in [-0.25, -0.2) is 4.79 Å². The first-order chi connectivity index (χ1) is 12.0. The van der Waals surface area contributed by atoms with E-state index < -0.39 is 6.10 Å². The first-order valence-corrected chi connectivity index (χ1v) is 9.60. The van der Waals surface area contributed by atoms with Crippen molar-refractivity contribution in [3.05, 3.63) is 0 Å². The van der Waals surface area contributed by atoms with Gasteiger partial charge in [-0.15, -0.1) is 0 Å². The predicted molar refractivity (Wildman–Crippen MR) is 95.2 cm³/mol. The average Bonchev–Trinajstić information content (AvgIpc) is 3.09. The fourth-order valence-corrected chi connectivity index (χ4v) is 3.67. The molecule has 1 saturated heterocycles. The van der Waals surface area contributed by atoms with Crippen molar-refractivity contribution in [2.24, 2.45) is 5.92 Å². The quantitative estimate of drug-likeness (QED) is 0.553. The van der Waals surface area contributed by atoms with E-state index in [9.17, 15) is 14.7 Å². The second-order valence-electron chi connectivity index (χ2n) is 7.50. The van der Waals surface area contributed by atoms with Crippen molar-refractivity contribution in [2.45, 2.75) is 83.1 Å². The number of ether oxygens (including phenoxy) is 1. The Kier molecular flexibility index (Phi) is 7.96. The van der Waals surface area contributed by atoms with Crippen LogP contribution in [0.3, 0.4) is 0 Å². The minimum Gasteiger partial charge on any atom is -0.394 e. The smallest absolute Gasteiger partial charge is 0.315 e. The van der Waals surface area contributed by atoms with Crippen LogP contribution in [0, 0.1) is 5.92 Å². The monoisotopic (exact) mass is 355 g/mol. The molecule has 2 fully saturated rings. The van der Waals surface area contributed by atoms with Crippen LogP contribution in [0.15, 0.2) is 0 Å². The van der Waals surface area contributed by atoms with Crippen LogP contribution in [0.4, 0.5) is 4.79 Å². The maximum absolute atomic E-state index is 12.0. The summed E-state index contributed by atoms with van der Waals surface area (Å²) in [7, 11) is 0. The largest absolute Gasteiger partial charge is 0.394 e. The van der Waals surface area contributed by atoms with Crippen LogP contribution < -0.4 is 16.0 Å². The molecular formula is C18H33N3O4. The van der Waals surface area contributed by atoms with E-state index in [-0.39, 0.29) is 42.7 Å². The van der Waals surface area contributed by atoms with Crippen molar-refractivity contribution in [1.29, 1.82) is 0 Å². The number of urea groups is 1. The highest BCUT2D eigenvalue weighted by Gasteiger charge is 2.32. The first kappa shape index (κ1) is 20.0. The van der Waals surface area contributed by atoms with Crippen molar-refractivity contribution in [1.82, 2.24) is 16.0 Å². The van der Waals surface area contributed by atoms with E-state index in [0.29, 0.717) is 6.54 Å². The summed E-state index contributed by atoms with van der Waals surface area (Å²) in [6.45, 7) is 4.27. The maximum atomic E-state index is 12.0. The van der Waals surface area contributed by atoms with E-state index in [4.69, 9.17) is 4.74 Å². The molecule has 1 aliphatic carbocycles. The molecule has 1 saturated carbocycles. The maximum Gasteiger partial charge on any atom is 0.315 e. The molecule has 7 nitrogen and oxygen atoms in total. The zero-order valence-corrected chi connectivity index (χ0v) is 15.4. The molecule has 1 heterocycles. The normalized spacial score (nSPS) is 27.3. The van der Waals surface area contributed by atoms with Gasteiger partial charge in [-0.1, -0.05) is 12.8 Å². The van der Waals surface area contributed by atoms with E-state index >= 15 is 0 Å². The fourth-order valence-electron chi connectivity index (χ4n) is 3.67. The molecule has 2 aliphatic rings. The Morgan fingerprint density at radius 1 is 1.16 bits per heavy atom. The van der Waals surface area contributed by atoms with Gasteiger partial charge in [-0.2, -0.15) is 0 Å². The van der Waals surface area contributed by atoms with Gasteiger partial charge in [0.05, 0.1) is 18.8 Å². The number of amides is 3. The van der Waals surface area contributed by atoms with Crippen molar-refractivity contribution in [3.8, 4) is 0 Å². The Labute approximate surface area is 150 Å². The molecule has 0 aromatic rings. The summed E-state index contributed by atoms with van der Waals surface area (Å²) in [5, 5.41) is 18.2. The minimum atomic E-state index is -0.401. The Morgan fingerprint density at radius 3 is 2.52 bits per heavy atom. The lowest BCUT2D eigenvalue weighted by atomic mass is 9.97. The van der Waals surface area contributed by atoms with Crippen LogP contribution >= 0.6 is 0 Å². The number of aliphatic hydroxyl groups excluding tert-OH is 1. The fraction of sp³-hybridized carbons (Fsp3) is 0.889. The zero-order valence-electron chi connectivity index (χ0n) is 15.4. The highest BCUT2D eigenvalue weighted by molar-refractivity contribution is 5.78. The SMILES string of the molecule is CC(C)NC(=O)N[C@@H]1CC[C@H](CCNC(=O)C2CCCC2)O[C@@H]1CO. The number of aliphatic hydroxyl groups is 1. The summed E-state index contributed by atoms with van der Waals surface area (Å²) in [6.07, 6.45) is 6.23. The molecule has 25 heavy (non-hydrogen) atoms. The molecule has 3 amide bonds. The highest BCUT2D eigenvalue weighted by Crippen LogP contribution is 2.25. The standard InChI is InChI=1S/C18H33N3O4/c1-12(2)20-18(24)21-15-8-7-14(25-16(15)11-22)9-10-19-17(23)13-5-3-4-6-13/h12-16,22H,3-11H2,1-2H3,(H,19,23)(H2,20,21,24)/t14-,15-,16-/m1/s1. The van der Waals surface area contributed by atoms with Gasteiger partial charge in [0.25, 0.3) is 0 Å². The number of rotatable bonds is 7. The molecule has 0 unspecified atom stereocenters. The molecule has 1 aliphatic heterocycles. The summed E-state index contributed by atoms with van der Waals surface area (Å²) in [5.74, 6) is 0.349. The lowest BCUT2D eigenvalue weighted by molar-refractivity contribution is -0.125. The molecule has 0 spiro atoms. The van der Waals surface area contributed by atoms with E-state index in [1.165, 1.54) is 0 Å². The topological polar surface area (TPSA) is 99.7 Å². The van der Waals surface area contributed by atoms with E-state index in [0.717, 1.165) is 44.9 Å². The zero-order chi connectivity index (χ0) is 18.2. The van der Waals surface area contributed by atoms with E-state index in [2.05, 4.69) is 16.0 Å².